The first kappa shape index (κ1) is 14.3. The van der Waals surface area contributed by atoms with Crippen molar-refractivity contribution < 1.29 is 14.7 Å². The zero-order valence-electron chi connectivity index (χ0n) is 12.2. The lowest BCUT2D eigenvalue weighted by atomic mass is 9.99. The number of aliphatic carboxylic acids is 1. The molecule has 22 heavy (non-hydrogen) atoms. The number of benzene rings is 1. The van der Waals surface area contributed by atoms with Gasteiger partial charge in [-0.1, -0.05) is 37.3 Å². The summed E-state index contributed by atoms with van der Waals surface area (Å²) in [6.45, 7) is 2.56. The second kappa shape index (κ2) is 5.63. The van der Waals surface area contributed by atoms with Crippen molar-refractivity contribution >= 4 is 11.9 Å². The molecule has 1 aromatic carbocycles. The maximum absolute atomic E-state index is 12.7. The van der Waals surface area contributed by atoms with Crippen LogP contribution in [0.3, 0.4) is 0 Å². The Morgan fingerprint density at radius 2 is 2.00 bits per heavy atom. The maximum Gasteiger partial charge on any atom is 0.308 e. The largest absolute Gasteiger partial charge is 0.481 e. The third kappa shape index (κ3) is 2.47. The molecular weight excluding hydrogens is 282 g/mol. The molecule has 0 unspecified atom stereocenters. The maximum atomic E-state index is 12.7. The Balaban J connectivity index is 1.86. The number of carboxylic acids is 1. The molecule has 0 spiro atoms. The van der Waals surface area contributed by atoms with Crippen LogP contribution in [-0.4, -0.2) is 45.2 Å². The SMILES string of the molecule is C[C@@H]1CN(C(=O)c2cn[nH]c2-c2ccccc2)C[C@H]1C(=O)O. The van der Waals surface area contributed by atoms with Gasteiger partial charge in [-0.25, -0.2) is 0 Å². The average Bonchev–Trinajstić information content (AvgIpc) is 3.14. The van der Waals surface area contributed by atoms with Crippen molar-refractivity contribution in [1.29, 1.82) is 0 Å². The van der Waals surface area contributed by atoms with Gasteiger partial charge in [0.1, 0.15) is 0 Å². The first-order valence-electron chi connectivity index (χ1n) is 7.18. The standard InChI is InChI=1S/C16H17N3O3/c1-10-8-19(9-13(10)16(21)22)15(20)12-7-17-18-14(12)11-5-3-2-4-6-11/h2-7,10,13H,8-9H2,1H3,(H,17,18)(H,21,22)/t10-,13-/m1/s1. The molecule has 2 heterocycles. The lowest BCUT2D eigenvalue weighted by Gasteiger charge is -2.15. The van der Waals surface area contributed by atoms with E-state index in [1.807, 2.05) is 37.3 Å². The summed E-state index contributed by atoms with van der Waals surface area (Å²) >= 11 is 0. The number of H-pyrrole nitrogens is 1. The summed E-state index contributed by atoms with van der Waals surface area (Å²) < 4.78 is 0. The minimum atomic E-state index is -0.849. The van der Waals surface area contributed by atoms with Crippen molar-refractivity contribution in [2.24, 2.45) is 11.8 Å². The van der Waals surface area contributed by atoms with E-state index < -0.39 is 11.9 Å². The zero-order chi connectivity index (χ0) is 15.7. The van der Waals surface area contributed by atoms with Crippen molar-refractivity contribution in [2.75, 3.05) is 13.1 Å². The second-order valence-electron chi connectivity index (χ2n) is 5.66. The summed E-state index contributed by atoms with van der Waals surface area (Å²) in [5.74, 6) is -1.58. The van der Waals surface area contributed by atoms with Crippen LogP contribution in [0.25, 0.3) is 11.3 Å². The van der Waals surface area contributed by atoms with Crippen LogP contribution in [0.15, 0.2) is 36.5 Å². The number of aromatic nitrogens is 2. The number of amides is 1. The number of aromatic amines is 1. The lowest BCUT2D eigenvalue weighted by molar-refractivity contribution is -0.142. The Labute approximate surface area is 127 Å². The van der Waals surface area contributed by atoms with Gasteiger partial charge >= 0.3 is 5.97 Å². The average molecular weight is 299 g/mol. The predicted octanol–water partition coefficient (Wildman–Crippen LogP) is 1.87. The topological polar surface area (TPSA) is 86.3 Å². The Kier molecular flexibility index (Phi) is 3.66. The number of carboxylic acid groups (broad SMARTS) is 1. The molecule has 0 bridgehead atoms. The fourth-order valence-corrected chi connectivity index (χ4v) is 2.90. The smallest absolute Gasteiger partial charge is 0.308 e. The van der Waals surface area contributed by atoms with Gasteiger partial charge in [0.2, 0.25) is 0 Å². The van der Waals surface area contributed by atoms with Crippen molar-refractivity contribution in [3.8, 4) is 11.3 Å². The number of hydrogen-bond donors (Lipinski definition) is 2. The summed E-state index contributed by atoms with van der Waals surface area (Å²) in [7, 11) is 0. The van der Waals surface area contributed by atoms with Gasteiger partial charge in [0.15, 0.2) is 0 Å². The van der Waals surface area contributed by atoms with Gasteiger partial charge in [0.05, 0.1) is 23.4 Å². The molecule has 1 amide bonds. The molecular formula is C16H17N3O3. The molecule has 1 aliphatic rings. The summed E-state index contributed by atoms with van der Waals surface area (Å²) in [4.78, 5) is 25.5. The zero-order valence-corrected chi connectivity index (χ0v) is 12.2. The van der Waals surface area contributed by atoms with Crippen molar-refractivity contribution in [2.45, 2.75) is 6.92 Å². The van der Waals surface area contributed by atoms with Crippen LogP contribution >= 0.6 is 0 Å². The van der Waals surface area contributed by atoms with E-state index in [9.17, 15) is 14.7 Å². The highest BCUT2D eigenvalue weighted by molar-refractivity contribution is 6.00. The molecule has 2 N–H and O–H groups in total. The summed E-state index contributed by atoms with van der Waals surface area (Å²) in [5.41, 5.74) is 2.02. The highest BCUT2D eigenvalue weighted by Crippen LogP contribution is 2.27. The van der Waals surface area contributed by atoms with Crippen LogP contribution < -0.4 is 0 Å². The van der Waals surface area contributed by atoms with Gasteiger partial charge < -0.3 is 10.0 Å². The van der Waals surface area contributed by atoms with Gasteiger partial charge in [-0.3, -0.25) is 14.7 Å². The number of nitrogens with zero attached hydrogens (tertiary/aromatic N) is 2. The first-order chi connectivity index (χ1) is 10.6. The van der Waals surface area contributed by atoms with Gasteiger partial charge in [-0.05, 0) is 5.92 Å². The molecule has 1 aromatic heterocycles. The van der Waals surface area contributed by atoms with Crippen molar-refractivity contribution in [1.82, 2.24) is 15.1 Å². The molecule has 2 aromatic rings. The Bertz CT molecular complexity index is 696. The van der Waals surface area contributed by atoms with E-state index in [0.29, 0.717) is 17.8 Å². The summed E-state index contributed by atoms with van der Waals surface area (Å²) in [6.07, 6.45) is 1.50. The van der Waals surface area contributed by atoms with Crippen LogP contribution in [0.4, 0.5) is 0 Å². The summed E-state index contributed by atoms with van der Waals surface area (Å²) in [6, 6.07) is 9.49. The molecule has 1 fully saturated rings. The van der Waals surface area contributed by atoms with Gasteiger partial charge in [-0.2, -0.15) is 5.10 Å². The number of hydrogen-bond acceptors (Lipinski definition) is 3. The molecule has 1 saturated heterocycles. The molecule has 0 saturated carbocycles. The van der Waals surface area contributed by atoms with E-state index in [4.69, 9.17) is 0 Å². The van der Waals surface area contributed by atoms with Crippen LogP contribution in [0.2, 0.25) is 0 Å². The van der Waals surface area contributed by atoms with Gasteiger partial charge in [0, 0.05) is 18.7 Å². The third-order valence-corrected chi connectivity index (χ3v) is 4.15. The van der Waals surface area contributed by atoms with Crippen molar-refractivity contribution in [3.63, 3.8) is 0 Å². The highest BCUT2D eigenvalue weighted by atomic mass is 16.4. The lowest BCUT2D eigenvalue weighted by Crippen LogP contribution is -2.30. The Morgan fingerprint density at radius 3 is 2.64 bits per heavy atom. The molecule has 1 aliphatic heterocycles. The molecule has 3 rings (SSSR count). The fraction of sp³-hybridized carbons (Fsp3) is 0.312. The van der Waals surface area contributed by atoms with Crippen LogP contribution in [0, 0.1) is 11.8 Å². The van der Waals surface area contributed by atoms with Crippen molar-refractivity contribution in [3.05, 3.63) is 42.1 Å². The molecule has 6 nitrogen and oxygen atoms in total. The normalized spacial score (nSPS) is 21.0. The van der Waals surface area contributed by atoms with Crippen LogP contribution in [0.5, 0.6) is 0 Å². The van der Waals surface area contributed by atoms with Gasteiger partial charge in [0.25, 0.3) is 5.91 Å². The number of rotatable bonds is 3. The second-order valence-corrected chi connectivity index (χ2v) is 5.66. The highest BCUT2D eigenvalue weighted by Gasteiger charge is 2.38. The molecule has 2 atom stereocenters. The fourth-order valence-electron chi connectivity index (χ4n) is 2.90. The third-order valence-electron chi connectivity index (χ3n) is 4.15. The van der Waals surface area contributed by atoms with E-state index >= 15 is 0 Å². The summed E-state index contributed by atoms with van der Waals surface area (Å²) in [5, 5.41) is 16.0. The monoisotopic (exact) mass is 299 g/mol. The van der Waals surface area contributed by atoms with E-state index in [2.05, 4.69) is 10.2 Å². The molecule has 6 heteroatoms. The Morgan fingerprint density at radius 1 is 1.27 bits per heavy atom. The molecule has 114 valence electrons. The van der Waals surface area contributed by atoms with E-state index in [1.54, 1.807) is 4.90 Å². The molecule has 0 radical (unpaired) electrons. The molecule has 0 aliphatic carbocycles. The van der Waals surface area contributed by atoms with Crippen LogP contribution in [0.1, 0.15) is 17.3 Å². The van der Waals surface area contributed by atoms with E-state index in [-0.39, 0.29) is 18.4 Å². The quantitative estimate of drug-likeness (QED) is 0.906. The van der Waals surface area contributed by atoms with Gasteiger partial charge in [-0.15, -0.1) is 0 Å². The van der Waals surface area contributed by atoms with E-state index in [0.717, 1.165) is 5.56 Å². The number of carbonyl (C=O) groups excluding carboxylic acids is 1. The number of nitrogens with one attached hydrogen (secondary N) is 1. The minimum absolute atomic E-state index is 0.0477. The van der Waals surface area contributed by atoms with Crippen LogP contribution in [-0.2, 0) is 4.79 Å². The predicted molar refractivity (Wildman–Crippen MR) is 80.2 cm³/mol. The Hall–Kier alpha value is -2.63. The van der Waals surface area contributed by atoms with E-state index in [1.165, 1.54) is 6.20 Å². The first-order valence-corrected chi connectivity index (χ1v) is 7.18. The number of carbonyl (C=O) groups is 2. The number of likely N-dealkylation sites (tertiary alicyclic amines) is 1. The minimum Gasteiger partial charge on any atom is -0.481 e.